The lowest BCUT2D eigenvalue weighted by Gasteiger charge is -2.22. The van der Waals surface area contributed by atoms with Crippen LogP contribution in [0.15, 0.2) is 0 Å². The van der Waals surface area contributed by atoms with Crippen molar-refractivity contribution in [2.75, 3.05) is 19.7 Å². The molecule has 7 nitrogen and oxygen atoms in total. The molecule has 1 aliphatic heterocycles. The van der Waals surface area contributed by atoms with Crippen molar-refractivity contribution in [1.29, 1.82) is 0 Å². The molecule has 108 valence electrons. The molecule has 2 unspecified atom stereocenters. The van der Waals surface area contributed by atoms with E-state index in [1.54, 1.807) is 4.90 Å². The van der Waals surface area contributed by atoms with E-state index < -0.39 is 12.1 Å². The quantitative estimate of drug-likeness (QED) is 0.621. The van der Waals surface area contributed by atoms with Crippen molar-refractivity contribution >= 4 is 12.0 Å². The number of rotatable bonds is 6. The number of nitrogens with zero attached hydrogens (tertiary/aromatic N) is 1. The van der Waals surface area contributed by atoms with Gasteiger partial charge >= 0.3 is 12.0 Å². The largest absolute Gasteiger partial charge is 0.479 e. The zero-order valence-corrected chi connectivity index (χ0v) is 10.7. The molecule has 0 spiro atoms. The number of nitrogens with one attached hydrogen (secondary N) is 1. The second-order valence-corrected chi connectivity index (χ2v) is 5.00. The standard InChI is InChI=1S/C12H20N2O5/c15-6-5-14(8-1-2-8)12(18)13-7-9-3-4-10(19-9)11(16)17/h8-10,15H,1-7H2,(H,13,18)(H,16,17). The first-order chi connectivity index (χ1) is 9.11. The topological polar surface area (TPSA) is 99.1 Å². The molecule has 0 radical (unpaired) electrons. The highest BCUT2D eigenvalue weighted by molar-refractivity contribution is 5.75. The number of carbonyl (C=O) groups excluding carboxylic acids is 1. The van der Waals surface area contributed by atoms with Crippen molar-refractivity contribution in [3.05, 3.63) is 0 Å². The van der Waals surface area contributed by atoms with E-state index in [1.165, 1.54) is 0 Å². The first-order valence-corrected chi connectivity index (χ1v) is 6.65. The highest BCUT2D eigenvalue weighted by atomic mass is 16.5. The average Bonchev–Trinajstić information content (AvgIpc) is 3.10. The summed E-state index contributed by atoms with van der Waals surface area (Å²) in [5.41, 5.74) is 0. The van der Waals surface area contributed by atoms with Crippen LogP contribution in [-0.4, -0.2) is 65.1 Å². The minimum atomic E-state index is -0.950. The predicted molar refractivity (Wildman–Crippen MR) is 65.7 cm³/mol. The zero-order chi connectivity index (χ0) is 13.8. The monoisotopic (exact) mass is 272 g/mol. The van der Waals surface area contributed by atoms with Crippen LogP contribution in [-0.2, 0) is 9.53 Å². The fourth-order valence-electron chi connectivity index (χ4n) is 2.28. The van der Waals surface area contributed by atoms with E-state index >= 15 is 0 Å². The Hall–Kier alpha value is -1.34. The molecule has 2 atom stereocenters. The molecule has 0 aromatic rings. The number of aliphatic hydroxyl groups is 1. The van der Waals surface area contributed by atoms with Crippen LogP contribution in [0.2, 0.25) is 0 Å². The number of carbonyl (C=O) groups is 2. The highest BCUT2D eigenvalue weighted by Crippen LogP contribution is 2.26. The summed E-state index contributed by atoms with van der Waals surface area (Å²) in [4.78, 5) is 24.3. The lowest BCUT2D eigenvalue weighted by molar-refractivity contribution is -0.149. The van der Waals surface area contributed by atoms with Crippen LogP contribution < -0.4 is 5.32 Å². The number of ether oxygens (including phenoxy) is 1. The van der Waals surface area contributed by atoms with Crippen LogP contribution in [0, 0.1) is 0 Å². The Kier molecular flexibility index (Phi) is 4.60. The van der Waals surface area contributed by atoms with Gasteiger partial charge in [0.2, 0.25) is 0 Å². The summed E-state index contributed by atoms with van der Waals surface area (Å²) in [5, 5.41) is 20.5. The van der Waals surface area contributed by atoms with Crippen molar-refractivity contribution in [3.63, 3.8) is 0 Å². The normalized spacial score (nSPS) is 26.2. The maximum atomic E-state index is 11.9. The minimum Gasteiger partial charge on any atom is -0.479 e. The maximum absolute atomic E-state index is 11.9. The number of carboxylic acid groups (broad SMARTS) is 1. The summed E-state index contributed by atoms with van der Waals surface area (Å²) in [6, 6.07) is 0.0299. The van der Waals surface area contributed by atoms with Gasteiger partial charge in [0, 0.05) is 19.1 Å². The molecule has 2 fully saturated rings. The van der Waals surface area contributed by atoms with E-state index in [9.17, 15) is 9.59 Å². The third-order valence-electron chi connectivity index (χ3n) is 3.45. The number of carboxylic acids is 1. The molecule has 2 aliphatic rings. The molecule has 3 N–H and O–H groups in total. The molecule has 1 saturated heterocycles. The molecule has 19 heavy (non-hydrogen) atoms. The summed E-state index contributed by atoms with van der Waals surface area (Å²) in [6.07, 6.45) is 2.10. The van der Waals surface area contributed by atoms with E-state index in [0.717, 1.165) is 12.8 Å². The Labute approximate surface area is 111 Å². The van der Waals surface area contributed by atoms with Gasteiger partial charge in [0.1, 0.15) is 0 Å². The van der Waals surface area contributed by atoms with Gasteiger partial charge in [0.15, 0.2) is 6.10 Å². The van der Waals surface area contributed by atoms with E-state index in [4.69, 9.17) is 14.9 Å². The predicted octanol–water partition coefficient (Wildman–Crippen LogP) is -0.215. The number of hydrogen-bond donors (Lipinski definition) is 3. The van der Waals surface area contributed by atoms with E-state index in [-0.39, 0.29) is 24.8 Å². The molecule has 2 rings (SSSR count). The lowest BCUT2D eigenvalue weighted by atomic mass is 10.2. The average molecular weight is 272 g/mol. The van der Waals surface area contributed by atoms with Gasteiger partial charge in [-0.1, -0.05) is 0 Å². The Bertz CT molecular complexity index is 345. The van der Waals surface area contributed by atoms with E-state index in [1.807, 2.05) is 0 Å². The maximum Gasteiger partial charge on any atom is 0.332 e. The zero-order valence-electron chi connectivity index (χ0n) is 10.7. The fourth-order valence-corrected chi connectivity index (χ4v) is 2.28. The van der Waals surface area contributed by atoms with Crippen molar-refractivity contribution in [2.45, 2.75) is 43.9 Å². The Morgan fingerprint density at radius 1 is 1.26 bits per heavy atom. The van der Waals surface area contributed by atoms with Crippen LogP contribution in [0.5, 0.6) is 0 Å². The summed E-state index contributed by atoms with van der Waals surface area (Å²) < 4.78 is 5.31. The van der Waals surface area contributed by atoms with E-state index in [0.29, 0.717) is 25.9 Å². The van der Waals surface area contributed by atoms with Gasteiger partial charge in [-0.2, -0.15) is 0 Å². The molecule has 7 heteroatoms. The van der Waals surface area contributed by atoms with Gasteiger partial charge in [-0.25, -0.2) is 9.59 Å². The van der Waals surface area contributed by atoms with Crippen LogP contribution in [0.4, 0.5) is 4.79 Å². The summed E-state index contributed by atoms with van der Waals surface area (Å²) >= 11 is 0. The number of aliphatic hydroxyl groups excluding tert-OH is 1. The fraction of sp³-hybridized carbons (Fsp3) is 0.833. The highest BCUT2D eigenvalue weighted by Gasteiger charge is 2.34. The molecule has 2 amide bonds. The first-order valence-electron chi connectivity index (χ1n) is 6.65. The summed E-state index contributed by atoms with van der Waals surface area (Å²) in [6.45, 7) is 0.599. The van der Waals surface area contributed by atoms with Crippen LogP contribution >= 0.6 is 0 Å². The third kappa shape index (κ3) is 3.81. The van der Waals surface area contributed by atoms with E-state index in [2.05, 4.69) is 5.32 Å². The van der Waals surface area contributed by atoms with Crippen molar-refractivity contribution < 1.29 is 24.5 Å². The van der Waals surface area contributed by atoms with Gasteiger partial charge in [-0.15, -0.1) is 0 Å². The molecule has 0 aromatic carbocycles. The van der Waals surface area contributed by atoms with Crippen LogP contribution in [0.25, 0.3) is 0 Å². The Morgan fingerprint density at radius 2 is 2.00 bits per heavy atom. The van der Waals surface area contributed by atoms with Crippen molar-refractivity contribution in [3.8, 4) is 0 Å². The molecular weight excluding hydrogens is 252 g/mol. The lowest BCUT2D eigenvalue weighted by Crippen LogP contribution is -2.45. The summed E-state index contributed by atoms with van der Waals surface area (Å²) in [7, 11) is 0. The summed E-state index contributed by atoms with van der Waals surface area (Å²) in [5.74, 6) is -0.950. The Balaban J connectivity index is 1.72. The van der Waals surface area contributed by atoms with Gasteiger partial charge in [-0.05, 0) is 25.7 Å². The number of hydrogen-bond acceptors (Lipinski definition) is 4. The van der Waals surface area contributed by atoms with Gasteiger partial charge in [0.05, 0.1) is 12.7 Å². The molecule has 1 heterocycles. The first kappa shape index (κ1) is 14.1. The molecule has 1 saturated carbocycles. The Morgan fingerprint density at radius 3 is 2.53 bits per heavy atom. The second-order valence-electron chi connectivity index (χ2n) is 5.00. The molecular formula is C12H20N2O5. The number of urea groups is 1. The van der Waals surface area contributed by atoms with Gasteiger partial charge in [0.25, 0.3) is 0 Å². The van der Waals surface area contributed by atoms with Gasteiger partial charge < -0.3 is 25.2 Å². The van der Waals surface area contributed by atoms with Crippen LogP contribution in [0.1, 0.15) is 25.7 Å². The molecule has 0 aromatic heterocycles. The van der Waals surface area contributed by atoms with Crippen LogP contribution in [0.3, 0.4) is 0 Å². The SMILES string of the molecule is O=C(O)C1CCC(CNC(=O)N(CCO)C2CC2)O1. The smallest absolute Gasteiger partial charge is 0.332 e. The third-order valence-corrected chi connectivity index (χ3v) is 3.45. The molecule has 0 bridgehead atoms. The number of aliphatic carboxylic acids is 1. The second kappa shape index (κ2) is 6.21. The minimum absolute atomic E-state index is 0.0507. The number of amides is 2. The molecule has 1 aliphatic carbocycles. The van der Waals surface area contributed by atoms with Gasteiger partial charge in [-0.3, -0.25) is 0 Å². The van der Waals surface area contributed by atoms with Crippen molar-refractivity contribution in [2.24, 2.45) is 0 Å². The van der Waals surface area contributed by atoms with Crippen molar-refractivity contribution in [1.82, 2.24) is 10.2 Å².